The van der Waals surface area contributed by atoms with E-state index in [9.17, 15) is 19.2 Å². The van der Waals surface area contributed by atoms with Gasteiger partial charge in [0.15, 0.2) is 0 Å². The summed E-state index contributed by atoms with van der Waals surface area (Å²) >= 11 is 0. The van der Waals surface area contributed by atoms with Crippen LogP contribution in [0.3, 0.4) is 0 Å². The Labute approximate surface area is 306 Å². The summed E-state index contributed by atoms with van der Waals surface area (Å²) in [6.07, 6.45) is 8.29. The molecule has 0 amide bonds. The van der Waals surface area contributed by atoms with Crippen LogP contribution in [0.15, 0.2) is 97.1 Å². The molecule has 0 aromatic heterocycles. The van der Waals surface area contributed by atoms with Gasteiger partial charge in [0.2, 0.25) is 0 Å². The van der Waals surface area contributed by atoms with Crippen molar-refractivity contribution < 1.29 is 38.1 Å². The number of esters is 4. The minimum absolute atomic E-state index is 0.384. The van der Waals surface area contributed by atoms with E-state index in [1.54, 1.807) is 48.5 Å². The normalized spacial score (nSPS) is 9.77. The van der Waals surface area contributed by atoms with Gasteiger partial charge in [-0.1, -0.05) is 89.1 Å². The number of carbonyl (C=O) groups is 4. The number of ether oxygens (including phenoxy) is 4. The molecule has 4 aromatic carbocycles. The second kappa shape index (κ2) is 22.6. The maximum atomic E-state index is 11.8. The van der Waals surface area contributed by atoms with Gasteiger partial charge in [-0.15, -0.1) is 0 Å². The molecule has 0 saturated heterocycles. The summed E-state index contributed by atoms with van der Waals surface area (Å²) in [6.45, 7) is 8.35. The number of carbonyl (C=O) groups excluding carboxylic acids is 4. The molecule has 52 heavy (non-hydrogen) atoms. The molecular weight excluding hydrogens is 656 g/mol. The van der Waals surface area contributed by atoms with Crippen molar-refractivity contribution in [2.45, 2.75) is 79.1 Å². The molecule has 0 aliphatic rings. The Morgan fingerprint density at radius 3 is 0.827 bits per heavy atom. The maximum absolute atomic E-state index is 11.8. The third kappa shape index (κ3) is 15.6. The van der Waals surface area contributed by atoms with Crippen molar-refractivity contribution in [2.24, 2.45) is 0 Å². The van der Waals surface area contributed by atoms with Crippen molar-refractivity contribution in [3.8, 4) is 46.7 Å². The predicted octanol–water partition coefficient (Wildman–Crippen LogP) is 8.21. The van der Waals surface area contributed by atoms with E-state index in [-0.39, 0.29) is 0 Å². The predicted molar refractivity (Wildman–Crippen MR) is 200 cm³/mol. The summed E-state index contributed by atoms with van der Waals surface area (Å²) in [5.41, 5.74) is 4.66. The summed E-state index contributed by atoms with van der Waals surface area (Å²) in [5.74, 6) is 6.89. The minimum Gasteiger partial charge on any atom is -0.417 e. The maximum Gasteiger partial charge on any atom is 0.390 e. The highest BCUT2D eigenvalue weighted by molar-refractivity contribution is 6.00. The smallest absolute Gasteiger partial charge is 0.390 e. The Balaban J connectivity index is 0.000000284. The van der Waals surface area contributed by atoms with Crippen LogP contribution in [0.1, 0.15) is 75.6 Å². The molecule has 0 N–H and O–H groups in total. The van der Waals surface area contributed by atoms with Gasteiger partial charge in [0.05, 0.1) is 0 Å². The van der Waals surface area contributed by atoms with Gasteiger partial charge in [0, 0.05) is 23.7 Å². The molecule has 0 radical (unpaired) electrons. The average molecular weight is 701 g/mol. The SMILES string of the molecule is CCCCc1ccc(OC(=O)C#CC(=O)Oc2ccc(CCCC)cc2)cc1.CCc1ccc(OC(=O)C#CC(=O)Oc2ccc(CC)cc2)cc1. The number of rotatable bonds is 12. The van der Waals surface area contributed by atoms with Gasteiger partial charge in [-0.3, -0.25) is 0 Å². The van der Waals surface area contributed by atoms with E-state index in [0.29, 0.717) is 23.0 Å². The highest BCUT2D eigenvalue weighted by Gasteiger charge is 2.06. The van der Waals surface area contributed by atoms with Crippen molar-refractivity contribution >= 4 is 23.9 Å². The van der Waals surface area contributed by atoms with Crippen LogP contribution in [-0.4, -0.2) is 23.9 Å². The van der Waals surface area contributed by atoms with Crippen molar-refractivity contribution in [1.82, 2.24) is 0 Å². The van der Waals surface area contributed by atoms with Gasteiger partial charge in [-0.05, 0) is 109 Å². The third-order valence-electron chi connectivity index (χ3n) is 7.52. The third-order valence-corrected chi connectivity index (χ3v) is 7.52. The van der Waals surface area contributed by atoms with Crippen LogP contribution in [0.4, 0.5) is 0 Å². The van der Waals surface area contributed by atoms with E-state index in [0.717, 1.165) is 62.5 Å². The molecule has 8 heteroatoms. The lowest BCUT2D eigenvalue weighted by Crippen LogP contribution is -2.08. The van der Waals surface area contributed by atoms with Crippen LogP contribution in [0, 0.1) is 23.7 Å². The highest BCUT2D eigenvalue weighted by Crippen LogP contribution is 2.16. The molecule has 4 aromatic rings. The minimum atomic E-state index is -0.808. The second-order valence-electron chi connectivity index (χ2n) is 11.5. The Hall–Kier alpha value is -6.12. The largest absolute Gasteiger partial charge is 0.417 e. The molecule has 0 saturated carbocycles. The molecular formula is C44H44O8. The fraction of sp³-hybridized carbons (Fsp3) is 0.273. The van der Waals surface area contributed by atoms with Gasteiger partial charge in [-0.2, -0.15) is 0 Å². The second-order valence-corrected chi connectivity index (χ2v) is 11.5. The first-order chi connectivity index (χ1) is 25.2. The molecule has 0 spiro atoms. The lowest BCUT2D eigenvalue weighted by molar-refractivity contribution is -0.130. The monoisotopic (exact) mass is 700 g/mol. The molecule has 0 heterocycles. The van der Waals surface area contributed by atoms with Gasteiger partial charge in [0.1, 0.15) is 23.0 Å². The Kier molecular flexibility index (Phi) is 17.5. The van der Waals surface area contributed by atoms with Crippen LogP contribution in [0.25, 0.3) is 0 Å². The van der Waals surface area contributed by atoms with Gasteiger partial charge >= 0.3 is 23.9 Å². The quantitative estimate of drug-likeness (QED) is 0.0631. The number of hydrogen-bond acceptors (Lipinski definition) is 8. The molecule has 0 atom stereocenters. The molecule has 0 unspecified atom stereocenters. The molecule has 0 bridgehead atoms. The van der Waals surface area contributed by atoms with Crippen LogP contribution in [0.5, 0.6) is 23.0 Å². The summed E-state index contributed by atoms with van der Waals surface area (Å²) in [6, 6.07) is 28.8. The fourth-order valence-corrected chi connectivity index (χ4v) is 4.53. The first-order valence-electron chi connectivity index (χ1n) is 17.5. The number of hydrogen-bond donors (Lipinski definition) is 0. The van der Waals surface area contributed by atoms with Gasteiger partial charge in [0.25, 0.3) is 0 Å². The van der Waals surface area contributed by atoms with Crippen LogP contribution in [0.2, 0.25) is 0 Å². The summed E-state index contributed by atoms with van der Waals surface area (Å²) < 4.78 is 20.3. The average Bonchev–Trinajstić information content (AvgIpc) is 3.16. The summed E-state index contributed by atoms with van der Waals surface area (Å²) in [4.78, 5) is 46.7. The topological polar surface area (TPSA) is 105 Å². The zero-order valence-corrected chi connectivity index (χ0v) is 30.2. The van der Waals surface area contributed by atoms with E-state index < -0.39 is 23.9 Å². The van der Waals surface area contributed by atoms with Crippen molar-refractivity contribution in [2.75, 3.05) is 0 Å². The standard InChI is InChI=1S/C24H26O4.C20H18O4/c1-3-5-7-19-9-13-21(14-10-19)27-23(25)17-18-24(26)28-22-15-11-20(12-16-22)8-6-4-2;1-3-15-5-9-17(10-6-15)23-19(21)13-14-20(22)24-18-11-7-16(4-2)8-12-18/h9-16H,3-8H2,1-2H3;5-12H,3-4H2,1-2H3. The number of benzene rings is 4. The molecule has 0 aliphatic carbocycles. The number of unbranched alkanes of at least 4 members (excludes halogenated alkanes) is 2. The van der Waals surface area contributed by atoms with Crippen molar-refractivity contribution in [3.63, 3.8) is 0 Å². The van der Waals surface area contributed by atoms with E-state index >= 15 is 0 Å². The lowest BCUT2D eigenvalue weighted by atomic mass is 10.1. The summed E-state index contributed by atoms with van der Waals surface area (Å²) in [7, 11) is 0. The van der Waals surface area contributed by atoms with E-state index in [4.69, 9.17) is 18.9 Å². The molecule has 0 fully saturated rings. The Bertz CT molecular complexity index is 1730. The Morgan fingerprint density at radius 1 is 0.385 bits per heavy atom. The van der Waals surface area contributed by atoms with E-state index in [2.05, 4.69) is 37.5 Å². The molecule has 268 valence electrons. The van der Waals surface area contributed by atoms with Crippen LogP contribution in [-0.2, 0) is 44.9 Å². The molecule has 0 aliphatic heterocycles. The first kappa shape index (κ1) is 40.3. The zero-order valence-electron chi connectivity index (χ0n) is 30.2. The van der Waals surface area contributed by atoms with Gasteiger partial charge in [-0.25, -0.2) is 19.2 Å². The van der Waals surface area contributed by atoms with Gasteiger partial charge < -0.3 is 18.9 Å². The molecule has 4 rings (SSSR count). The van der Waals surface area contributed by atoms with Crippen LogP contribution < -0.4 is 18.9 Å². The van der Waals surface area contributed by atoms with Crippen molar-refractivity contribution in [3.05, 3.63) is 119 Å². The molecule has 8 nitrogen and oxygen atoms in total. The fourth-order valence-electron chi connectivity index (χ4n) is 4.53. The zero-order chi connectivity index (χ0) is 37.6. The highest BCUT2D eigenvalue weighted by atomic mass is 16.5. The lowest BCUT2D eigenvalue weighted by Gasteiger charge is -2.03. The first-order valence-corrected chi connectivity index (χ1v) is 17.5. The Morgan fingerprint density at radius 2 is 0.615 bits per heavy atom. The van der Waals surface area contributed by atoms with Crippen LogP contribution >= 0.6 is 0 Å². The van der Waals surface area contributed by atoms with E-state index in [1.807, 2.05) is 62.4 Å². The van der Waals surface area contributed by atoms with E-state index in [1.165, 1.54) is 11.1 Å². The number of aryl methyl sites for hydroxylation is 4. The van der Waals surface area contributed by atoms with Crippen molar-refractivity contribution in [1.29, 1.82) is 0 Å². The summed E-state index contributed by atoms with van der Waals surface area (Å²) in [5, 5.41) is 0.